The maximum atomic E-state index is 5.69. The number of nitrogen functional groups attached to an aromatic ring is 1. The van der Waals surface area contributed by atoms with E-state index < -0.39 is 0 Å². The normalized spacial score (nSPS) is 9.75. The standard InChI is InChI=1S/C5H4ClN5.K.H/c6-3-2-4(9-1-8-2)11-5(7)10-3;;/h1H,(H3,7,8,9,10,11);;. The van der Waals surface area contributed by atoms with Crippen LogP contribution >= 0.6 is 11.6 Å². The summed E-state index contributed by atoms with van der Waals surface area (Å²) < 4.78 is 0. The molecule has 0 unspecified atom stereocenters. The van der Waals surface area contributed by atoms with Crippen LogP contribution in [0.2, 0.25) is 5.15 Å². The van der Waals surface area contributed by atoms with Gasteiger partial charge in [-0.1, -0.05) is 11.6 Å². The summed E-state index contributed by atoms with van der Waals surface area (Å²) in [4.78, 5) is 14.3. The van der Waals surface area contributed by atoms with E-state index in [0.29, 0.717) is 11.2 Å². The molecule has 0 aliphatic rings. The molecule has 2 aromatic rings. The summed E-state index contributed by atoms with van der Waals surface area (Å²) >= 11 is 5.69. The first-order chi connectivity index (χ1) is 5.27. The van der Waals surface area contributed by atoms with Crippen molar-refractivity contribution in [2.75, 3.05) is 5.73 Å². The van der Waals surface area contributed by atoms with Gasteiger partial charge in [-0.25, -0.2) is 4.98 Å². The van der Waals surface area contributed by atoms with Crippen molar-refractivity contribution in [3.8, 4) is 0 Å². The van der Waals surface area contributed by atoms with Crippen LogP contribution in [0, 0.1) is 0 Å². The molecule has 2 heterocycles. The molecule has 3 N–H and O–H groups in total. The molecule has 0 aliphatic heterocycles. The van der Waals surface area contributed by atoms with Gasteiger partial charge in [-0.05, 0) is 0 Å². The molecule has 0 radical (unpaired) electrons. The molecular weight excluding hydrogens is 205 g/mol. The summed E-state index contributed by atoms with van der Waals surface area (Å²) in [6, 6.07) is 0. The fourth-order valence-electron chi connectivity index (χ4n) is 0.817. The van der Waals surface area contributed by atoms with Crippen molar-refractivity contribution in [3.63, 3.8) is 0 Å². The maximum absolute atomic E-state index is 5.69. The quantitative estimate of drug-likeness (QED) is 0.471. The van der Waals surface area contributed by atoms with Crippen LogP contribution in [0.5, 0.6) is 0 Å². The van der Waals surface area contributed by atoms with Gasteiger partial charge in [-0.3, -0.25) is 0 Å². The number of aromatic nitrogens is 4. The Morgan fingerprint density at radius 3 is 2.92 bits per heavy atom. The summed E-state index contributed by atoms with van der Waals surface area (Å²) in [5, 5.41) is 0.272. The van der Waals surface area contributed by atoms with Crippen LogP contribution in [0.4, 0.5) is 5.95 Å². The Hall–Kier alpha value is 0.276. The average Bonchev–Trinajstić information content (AvgIpc) is 2.34. The van der Waals surface area contributed by atoms with Crippen LogP contribution < -0.4 is 5.73 Å². The Kier molecular flexibility index (Phi) is 3.44. The molecule has 2 aromatic heterocycles. The number of fused-ring (bicyclic) bond motifs is 1. The fourth-order valence-corrected chi connectivity index (χ4v) is 1.04. The van der Waals surface area contributed by atoms with E-state index in [1.165, 1.54) is 6.33 Å². The van der Waals surface area contributed by atoms with Crippen LogP contribution in [0.25, 0.3) is 11.2 Å². The predicted octanol–water partition coefficient (Wildman–Crippen LogP) is -0.0600. The van der Waals surface area contributed by atoms with Gasteiger partial charge in [0.25, 0.3) is 0 Å². The van der Waals surface area contributed by atoms with Crippen molar-refractivity contribution < 1.29 is 0 Å². The Balaban J connectivity index is 0.000000720. The van der Waals surface area contributed by atoms with E-state index >= 15 is 0 Å². The van der Waals surface area contributed by atoms with Gasteiger partial charge < -0.3 is 10.7 Å². The monoisotopic (exact) mass is 209 g/mol. The van der Waals surface area contributed by atoms with Crippen molar-refractivity contribution in [1.82, 2.24) is 19.9 Å². The van der Waals surface area contributed by atoms with Gasteiger partial charge >= 0.3 is 51.4 Å². The SMILES string of the molecule is Nc1nc(Cl)c2nc[nH]c2n1.[KH]. The van der Waals surface area contributed by atoms with Crippen LogP contribution in [0.1, 0.15) is 0 Å². The molecule has 0 aliphatic carbocycles. The number of anilines is 1. The molecule has 0 aromatic carbocycles. The van der Waals surface area contributed by atoms with E-state index in [1.807, 2.05) is 0 Å². The number of nitrogens with one attached hydrogen (secondary N) is 1. The fraction of sp³-hybridized carbons (Fsp3) is 0. The van der Waals surface area contributed by atoms with Crippen molar-refractivity contribution in [3.05, 3.63) is 11.5 Å². The molecule has 0 bridgehead atoms. The summed E-state index contributed by atoms with van der Waals surface area (Å²) in [6.07, 6.45) is 1.49. The van der Waals surface area contributed by atoms with Crippen molar-refractivity contribution in [1.29, 1.82) is 0 Å². The molecule has 58 valence electrons. The number of nitrogens with zero attached hydrogens (tertiary/aromatic N) is 3. The zero-order valence-electron chi connectivity index (χ0n) is 5.37. The molecule has 0 spiro atoms. The number of aromatic amines is 1. The van der Waals surface area contributed by atoms with Gasteiger partial charge in [0.1, 0.15) is 5.52 Å². The minimum atomic E-state index is 0. The number of H-pyrrole nitrogens is 1. The van der Waals surface area contributed by atoms with Crippen LogP contribution in [-0.4, -0.2) is 71.3 Å². The second-order valence-corrected chi connectivity index (χ2v) is 2.33. The minimum absolute atomic E-state index is 0. The number of halogens is 1. The summed E-state index contributed by atoms with van der Waals surface area (Å²) in [5.41, 5.74) is 6.43. The van der Waals surface area contributed by atoms with Gasteiger partial charge in [0, 0.05) is 0 Å². The molecule has 12 heavy (non-hydrogen) atoms. The second kappa shape index (κ2) is 3.99. The zero-order chi connectivity index (χ0) is 7.84. The van der Waals surface area contributed by atoms with E-state index in [2.05, 4.69) is 19.9 Å². The first kappa shape index (κ1) is 10.4. The van der Waals surface area contributed by atoms with Gasteiger partial charge in [0.2, 0.25) is 5.95 Å². The van der Waals surface area contributed by atoms with Crippen LogP contribution in [0.15, 0.2) is 6.33 Å². The Bertz CT molecular complexity index is 400. The molecular formula is C5H5ClKN5. The Morgan fingerprint density at radius 2 is 2.17 bits per heavy atom. The summed E-state index contributed by atoms with van der Waals surface area (Å²) in [5.74, 6) is 0.145. The van der Waals surface area contributed by atoms with Crippen molar-refractivity contribution >= 4 is 80.1 Å². The topological polar surface area (TPSA) is 80.5 Å². The molecule has 0 saturated heterocycles. The van der Waals surface area contributed by atoms with E-state index in [4.69, 9.17) is 17.3 Å². The van der Waals surface area contributed by atoms with E-state index in [0.717, 1.165) is 0 Å². The Labute approximate surface area is 116 Å². The first-order valence-electron chi connectivity index (χ1n) is 2.89. The van der Waals surface area contributed by atoms with Gasteiger partial charge in [0.15, 0.2) is 10.8 Å². The molecule has 2 rings (SSSR count). The number of hydrogen-bond donors (Lipinski definition) is 2. The second-order valence-electron chi connectivity index (χ2n) is 1.97. The van der Waals surface area contributed by atoms with Crippen molar-refractivity contribution in [2.45, 2.75) is 0 Å². The third kappa shape index (κ3) is 1.78. The van der Waals surface area contributed by atoms with Gasteiger partial charge in [-0.2, -0.15) is 9.97 Å². The average molecular weight is 210 g/mol. The molecule has 7 heteroatoms. The van der Waals surface area contributed by atoms with Crippen LogP contribution in [-0.2, 0) is 0 Å². The zero-order valence-corrected chi connectivity index (χ0v) is 6.13. The van der Waals surface area contributed by atoms with Gasteiger partial charge in [-0.15, -0.1) is 0 Å². The summed E-state index contributed by atoms with van der Waals surface area (Å²) in [7, 11) is 0. The third-order valence-electron chi connectivity index (χ3n) is 1.25. The number of nitrogens with two attached hydrogens (primary N) is 1. The predicted molar refractivity (Wildman–Crippen MR) is 48.3 cm³/mol. The molecule has 5 nitrogen and oxygen atoms in total. The number of hydrogen-bond acceptors (Lipinski definition) is 4. The molecule has 0 saturated carbocycles. The van der Waals surface area contributed by atoms with E-state index in [9.17, 15) is 0 Å². The Morgan fingerprint density at radius 1 is 1.42 bits per heavy atom. The van der Waals surface area contributed by atoms with Crippen molar-refractivity contribution in [2.24, 2.45) is 0 Å². The first-order valence-corrected chi connectivity index (χ1v) is 3.27. The molecule has 0 atom stereocenters. The van der Waals surface area contributed by atoms with Gasteiger partial charge in [0.05, 0.1) is 6.33 Å². The molecule has 0 amide bonds. The number of rotatable bonds is 0. The number of imidazole rings is 1. The molecule has 0 fully saturated rings. The summed E-state index contributed by atoms with van der Waals surface area (Å²) in [6.45, 7) is 0. The van der Waals surface area contributed by atoms with E-state index in [-0.39, 0.29) is 62.5 Å². The van der Waals surface area contributed by atoms with E-state index in [1.54, 1.807) is 0 Å². The van der Waals surface area contributed by atoms with Crippen LogP contribution in [0.3, 0.4) is 0 Å². The third-order valence-corrected chi connectivity index (χ3v) is 1.52.